The summed E-state index contributed by atoms with van der Waals surface area (Å²) >= 11 is 0. The molecule has 5 aliphatic carbocycles. The number of phenols is 1. The third kappa shape index (κ3) is 22.3. The minimum absolute atomic E-state index is 0.00845. The Labute approximate surface area is 857 Å². The molecule has 14 fully saturated rings. The predicted octanol–water partition coefficient (Wildman–Crippen LogP) is -8.75. The summed E-state index contributed by atoms with van der Waals surface area (Å²) in [5.41, 5.74) is -1.87. The molecular weight excluding hydrogens is 1990 g/mol. The van der Waals surface area contributed by atoms with Crippen LogP contribution in [0.4, 0.5) is 0 Å². The zero-order chi connectivity index (χ0) is 108. The van der Waals surface area contributed by atoms with Crippen molar-refractivity contribution in [1.82, 2.24) is 0 Å². The van der Waals surface area contributed by atoms with Crippen molar-refractivity contribution in [2.24, 2.45) is 50.2 Å². The normalized spacial score (nSPS) is 51.1. The van der Waals surface area contributed by atoms with Gasteiger partial charge in [0.15, 0.2) is 74.2 Å². The highest BCUT2D eigenvalue weighted by Gasteiger charge is 2.72. The molecule has 4 saturated carbocycles. The van der Waals surface area contributed by atoms with Gasteiger partial charge in [0, 0.05) is 6.08 Å². The van der Waals surface area contributed by atoms with E-state index in [9.17, 15) is 143 Å². The van der Waals surface area contributed by atoms with Crippen LogP contribution in [-0.4, -0.2) is 504 Å². The number of carbonyl (C=O) groups is 2. The first kappa shape index (κ1) is 117. The summed E-state index contributed by atoms with van der Waals surface area (Å²) in [5, 5.41) is 302. The van der Waals surface area contributed by atoms with Crippen molar-refractivity contribution in [3.63, 3.8) is 0 Å². The Morgan fingerprint density at radius 1 is 0.403 bits per heavy atom. The molecule has 51 heteroatoms. The molecule has 850 valence electrons. The smallest absolute Gasteiger partial charge is 0.331 e. The Balaban J connectivity index is 0.546. The summed E-state index contributed by atoms with van der Waals surface area (Å²) in [6.07, 6.45) is -77.9. The molecule has 0 radical (unpaired) electrons. The van der Waals surface area contributed by atoms with E-state index in [1.54, 1.807) is 0 Å². The SMILES string of the molecule is COc1ccc(C=CC(=O)O[C@H]2[C@H](O[C@H]3[C@H](O)[C@@H](O)[C@H](O[C@@H]4CO[C@@H](O[C@@H]5[C@@H](O)[C@H](C)O[C@@H](O[C@H]6[C@H](O[C@@H]7CC[C@]8(C)[C@H]9CC=C%10C%11CC(C)(C)CC[C@]%11(C(=O)O[C@@H]%11O[C@H](CO[C@@H]%12O[C@H](CO)[C@@H](O[C@@H]%13O[C@@H](C)[C@H](O)[C@@H](O)[C@H]%13O)[C@H](O)[C@H]%12O)[C@@H](O)[C@H](O)[C@H]%11O)CC[C@@]%10(C)[C@]9(C)CC[C@H]8C7(C)C)OC[C@H](O)[C@@H]6O)[C@@H]5O)[C@H](O)[C@@H]4O)O[C@@H]3CO)O[C@H](CO)[C@@H](O)[C@@H]2O[C@@H]2O[C@H](CO[C@@H]3O[C@@H](C)[C@H](O)[C@@H](O)[C@H]3O)[C@@H](O)[C@H](O)[C@H]2O)cc1O. The molecule has 27 N–H and O–H groups in total. The third-order valence-corrected chi connectivity index (χ3v) is 35.0. The largest absolute Gasteiger partial charge is 0.504 e. The number of benzene rings is 1. The van der Waals surface area contributed by atoms with E-state index in [1.165, 1.54) is 46.1 Å². The van der Waals surface area contributed by atoms with Gasteiger partial charge in [-0.3, -0.25) is 4.79 Å². The van der Waals surface area contributed by atoms with Crippen LogP contribution in [-0.2, 0) is 109 Å². The number of esters is 2. The van der Waals surface area contributed by atoms with E-state index in [1.807, 2.05) is 0 Å². The first-order valence-electron chi connectivity index (χ1n) is 51.2. The van der Waals surface area contributed by atoms with Crippen LogP contribution >= 0.6 is 0 Å². The molecule has 149 heavy (non-hydrogen) atoms. The molecule has 0 aromatic heterocycles. The molecule has 0 bridgehead atoms. The summed E-state index contributed by atoms with van der Waals surface area (Å²) in [6.45, 7) is 14.0. The van der Waals surface area contributed by atoms with Gasteiger partial charge in [-0.2, -0.15) is 0 Å². The quantitative estimate of drug-likeness (QED) is 0.0153. The number of phenolic OH excluding ortho intramolecular Hbond substituents is 1. The molecule has 16 rings (SSSR count). The molecule has 10 saturated heterocycles. The minimum Gasteiger partial charge on any atom is -0.504 e. The summed E-state index contributed by atoms with van der Waals surface area (Å²) in [4.78, 5) is 29.5. The van der Waals surface area contributed by atoms with Gasteiger partial charge in [0.1, 0.15) is 208 Å². The summed E-state index contributed by atoms with van der Waals surface area (Å²) in [7, 11) is 1.30. The van der Waals surface area contributed by atoms with Crippen LogP contribution in [0.1, 0.15) is 139 Å². The first-order valence-corrected chi connectivity index (χ1v) is 51.2. The lowest BCUT2D eigenvalue weighted by Gasteiger charge is -2.71. The number of aliphatic hydroxyl groups excluding tert-OH is 26. The van der Waals surface area contributed by atoms with Crippen molar-refractivity contribution in [2.45, 2.75) is 434 Å². The minimum atomic E-state index is -2.27. The van der Waals surface area contributed by atoms with Gasteiger partial charge < -0.3 is 242 Å². The van der Waals surface area contributed by atoms with Gasteiger partial charge in [-0.25, -0.2) is 4.79 Å². The fourth-order valence-electron chi connectivity index (χ4n) is 25.7. The monoisotopic (exact) mass is 2140 g/mol. The van der Waals surface area contributed by atoms with Gasteiger partial charge >= 0.3 is 11.9 Å². The molecule has 56 atom stereocenters. The van der Waals surface area contributed by atoms with Crippen LogP contribution in [0, 0.1) is 50.2 Å². The Morgan fingerprint density at radius 2 is 0.886 bits per heavy atom. The maximum Gasteiger partial charge on any atom is 0.331 e. The van der Waals surface area contributed by atoms with E-state index in [0.717, 1.165) is 30.6 Å². The maximum atomic E-state index is 15.5. The third-order valence-electron chi connectivity index (χ3n) is 35.0. The van der Waals surface area contributed by atoms with Gasteiger partial charge in [0.2, 0.25) is 6.29 Å². The van der Waals surface area contributed by atoms with E-state index < -0.39 is 375 Å². The highest BCUT2D eigenvalue weighted by molar-refractivity contribution is 5.87. The Bertz CT molecular complexity index is 4660. The van der Waals surface area contributed by atoms with Crippen LogP contribution in [0.5, 0.6) is 11.5 Å². The van der Waals surface area contributed by atoms with Gasteiger partial charge in [-0.15, -0.1) is 0 Å². The lowest BCUT2D eigenvalue weighted by Crippen LogP contribution is -2.68. The van der Waals surface area contributed by atoms with E-state index in [-0.39, 0.29) is 51.1 Å². The lowest BCUT2D eigenvalue weighted by molar-refractivity contribution is -0.391. The number of methoxy groups -OCH3 is 1. The zero-order valence-electron chi connectivity index (χ0n) is 84.4. The molecule has 1 unspecified atom stereocenters. The number of aromatic hydroxyl groups is 1. The molecule has 0 amide bonds. The van der Waals surface area contributed by atoms with Crippen LogP contribution in [0.2, 0.25) is 0 Å². The number of fused-ring (bicyclic) bond motifs is 7. The Kier molecular flexibility index (Phi) is 36.4. The summed E-state index contributed by atoms with van der Waals surface area (Å²) in [5.74, 6) is -2.51. The zero-order valence-corrected chi connectivity index (χ0v) is 84.4. The highest BCUT2D eigenvalue weighted by Crippen LogP contribution is 2.76. The summed E-state index contributed by atoms with van der Waals surface area (Å²) in [6, 6.07) is 4.02. The van der Waals surface area contributed by atoms with Crippen molar-refractivity contribution in [1.29, 1.82) is 0 Å². The van der Waals surface area contributed by atoms with Crippen LogP contribution in [0.3, 0.4) is 0 Å². The number of hydrogen-bond acceptors (Lipinski definition) is 51. The van der Waals surface area contributed by atoms with Gasteiger partial charge in [0.25, 0.3) is 0 Å². The van der Waals surface area contributed by atoms with E-state index in [2.05, 4.69) is 54.5 Å². The molecule has 0 spiro atoms. The number of ether oxygens (including phenoxy) is 22. The first-order chi connectivity index (χ1) is 70.2. The van der Waals surface area contributed by atoms with Crippen molar-refractivity contribution in [3.8, 4) is 11.5 Å². The van der Waals surface area contributed by atoms with Gasteiger partial charge in [-0.05, 0) is 154 Å². The summed E-state index contributed by atoms with van der Waals surface area (Å²) < 4.78 is 131. The van der Waals surface area contributed by atoms with Crippen LogP contribution in [0.15, 0.2) is 35.9 Å². The highest BCUT2D eigenvalue weighted by atomic mass is 16.8. The number of carbonyl (C=O) groups excluding carboxylic acids is 2. The Morgan fingerprint density at radius 3 is 1.50 bits per heavy atom. The molecule has 15 aliphatic rings. The number of aliphatic hydroxyl groups is 26. The van der Waals surface area contributed by atoms with Crippen LogP contribution in [0.25, 0.3) is 6.08 Å². The van der Waals surface area contributed by atoms with Gasteiger partial charge in [-0.1, -0.05) is 66.2 Å². The second kappa shape index (κ2) is 46.4. The van der Waals surface area contributed by atoms with E-state index in [0.29, 0.717) is 51.4 Å². The molecule has 1 aromatic carbocycles. The lowest BCUT2D eigenvalue weighted by atomic mass is 9.33. The fourth-order valence-corrected chi connectivity index (χ4v) is 25.7. The van der Waals surface area contributed by atoms with Crippen molar-refractivity contribution in [2.75, 3.05) is 53.4 Å². The van der Waals surface area contributed by atoms with Crippen molar-refractivity contribution >= 4 is 18.0 Å². The number of allylic oxidation sites excluding steroid dienone is 2. The topological polar surface area (TPSA) is 783 Å². The number of rotatable bonds is 29. The van der Waals surface area contributed by atoms with Crippen molar-refractivity contribution in [3.05, 3.63) is 41.5 Å². The predicted molar refractivity (Wildman–Crippen MR) is 490 cm³/mol. The molecule has 10 heterocycles. The Hall–Kier alpha value is -4.56. The second-order valence-electron chi connectivity index (χ2n) is 44.9. The number of hydrogen-bond donors (Lipinski definition) is 27. The standard InChI is InChI=1S/C98H152O51/c1-35-54(105)62(113)69(120)82(133-35)130-32-47-58(109)64(115)71(122)87(140-47)147-79-61(112)44(28-99)136-91(81(79)143-53(104)17-13-38-12-15-43(128-11)41(102)26-38)145-77-46(30-101)138-86(74(125)67(77)118)139-49-34-132-84(68(119)60(49)111)146-78-56(107)37(3)135-89(75(78)126)148-80-57(108)42(103)31-129-90(80)142-52-19-20-95(8)50(94(52,6)7)18-21-97(10)51(95)16-14-39-40-27-93(4,5)22-24-98(40,25-23-96(39,97)9)92(127)149-88-72(123)65(116)59(110)48(141-88)33-131-83-73(124)66(117)76(45(29-100)137-83)144-85-70(121)63(114)55(106)36(2)134-85/h12-15,17,26,35-37,40,42,44-52,54-91,99-103,105-126H,16,18-25,27-34H2,1-11H3/t35-,36-,37-,40?,42-,44+,45+,46+,47+,48+,49+,50-,51+,52+,54-,55-,56-,57-,58+,59+,60+,61+,62+,63+,64-,65-,66+,67+,68+,69+,70+,71+,72+,73+,74+,75+,76+,77+,78+,79-,80+,81+,82+,83+,84-,85-,86-,87-,88-,89-,90-,91-,95-,96+,97+,98-/m0/s1. The van der Waals surface area contributed by atoms with Gasteiger partial charge in [0.05, 0.1) is 83.2 Å². The average Bonchev–Trinajstić information content (AvgIpc) is 0.671. The average molecular weight is 2150 g/mol. The van der Waals surface area contributed by atoms with Crippen LogP contribution < -0.4 is 4.74 Å². The van der Waals surface area contributed by atoms with E-state index >= 15 is 4.79 Å². The second-order valence-corrected chi connectivity index (χ2v) is 44.9. The van der Waals surface area contributed by atoms with E-state index in [4.69, 9.17) is 104 Å². The molecule has 1 aromatic rings. The fraction of sp³-hybridized carbons (Fsp3) is 0.878. The maximum absolute atomic E-state index is 15.5. The molecule has 51 nitrogen and oxygen atoms in total. The van der Waals surface area contributed by atoms with Crippen molar-refractivity contribution < 1.29 is 252 Å². The molecule has 10 aliphatic heterocycles. The molecular formula is C98H152O51.